The van der Waals surface area contributed by atoms with E-state index in [0.717, 1.165) is 21.2 Å². The lowest BCUT2D eigenvalue weighted by molar-refractivity contribution is 0.766. The number of hydrogen-bond acceptors (Lipinski definition) is 3. The molecule has 0 aliphatic heterocycles. The molecule has 0 unspecified atom stereocenters. The molecule has 3 nitrogen and oxygen atoms in total. The Morgan fingerprint density at radius 2 is 2.33 bits per heavy atom. The number of aryl methyl sites for hydroxylation is 1. The predicted molar refractivity (Wildman–Crippen MR) is 54.5 cm³/mol. The Morgan fingerprint density at radius 1 is 1.67 bits per heavy atom. The highest BCUT2D eigenvalue weighted by atomic mass is 79.9. The smallest absolute Gasteiger partial charge is 0.191 e. The highest BCUT2D eigenvalue weighted by Crippen LogP contribution is 2.19. The van der Waals surface area contributed by atoms with Gasteiger partial charge in [-0.15, -0.1) is 10.2 Å². The molecule has 0 aromatic carbocycles. The van der Waals surface area contributed by atoms with Crippen molar-refractivity contribution in [3.8, 4) is 0 Å². The van der Waals surface area contributed by atoms with Crippen LogP contribution >= 0.6 is 27.7 Å². The first-order valence-electron chi connectivity index (χ1n) is 3.43. The van der Waals surface area contributed by atoms with Gasteiger partial charge >= 0.3 is 0 Å². The molecule has 66 valence electrons. The lowest BCUT2D eigenvalue weighted by Gasteiger charge is -1.99. The van der Waals surface area contributed by atoms with Crippen LogP contribution in [0.15, 0.2) is 16.2 Å². The largest absolute Gasteiger partial charge is 0.309 e. The second-order valence-electron chi connectivity index (χ2n) is 2.39. The van der Waals surface area contributed by atoms with Gasteiger partial charge in [0.2, 0.25) is 0 Å². The van der Waals surface area contributed by atoms with Crippen molar-refractivity contribution in [2.45, 2.75) is 12.1 Å². The minimum atomic E-state index is 0.825. The monoisotopic (exact) mass is 247 g/mol. The van der Waals surface area contributed by atoms with Crippen LogP contribution in [0.3, 0.4) is 0 Å². The van der Waals surface area contributed by atoms with Crippen molar-refractivity contribution >= 4 is 27.7 Å². The van der Waals surface area contributed by atoms with Gasteiger partial charge in [0.15, 0.2) is 5.16 Å². The van der Waals surface area contributed by atoms with Gasteiger partial charge in [-0.25, -0.2) is 0 Å². The summed E-state index contributed by atoms with van der Waals surface area (Å²) in [6.45, 7) is 5.68. The molecule has 0 atom stereocenters. The van der Waals surface area contributed by atoms with E-state index in [2.05, 4.69) is 32.7 Å². The Hall–Kier alpha value is -0.290. The summed E-state index contributed by atoms with van der Waals surface area (Å²) >= 11 is 4.91. The van der Waals surface area contributed by atoms with Crippen molar-refractivity contribution in [1.29, 1.82) is 0 Å². The second-order valence-corrected chi connectivity index (χ2v) is 4.46. The van der Waals surface area contributed by atoms with E-state index < -0.39 is 0 Å². The molecule has 0 bridgehead atoms. The quantitative estimate of drug-likeness (QED) is 0.767. The van der Waals surface area contributed by atoms with Crippen LogP contribution < -0.4 is 0 Å². The molecule has 0 saturated heterocycles. The van der Waals surface area contributed by atoms with Crippen molar-refractivity contribution in [2.24, 2.45) is 7.05 Å². The molecule has 0 aliphatic carbocycles. The van der Waals surface area contributed by atoms with Crippen LogP contribution in [0.25, 0.3) is 0 Å². The Kier molecular flexibility index (Phi) is 3.34. The first-order chi connectivity index (χ1) is 5.61. The summed E-state index contributed by atoms with van der Waals surface area (Å²) in [5.74, 6) is 1.75. The van der Waals surface area contributed by atoms with Crippen LogP contribution in [-0.4, -0.2) is 20.5 Å². The highest BCUT2D eigenvalue weighted by molar-refractivity contribution is 9.11. The zero-order valence-electron chi connectivity index (χ0n) is 7.04. The summed E-state index contributed by atoms with van der Waals surface area (Å²) in [4.78, 5) is 0. The van der Waals surface area contributed by atoms with Gasteiger partial charge in [0, 0.05) is 12.8 Å². The topological polar surface area (TPSA) is 30.7 Å². The molecule has 12 heavy (non-hydrogen) atoms. The van der Waals surface area contributed by atoms with Gasteiger partial charge in [-0.3, -0.25) is 0 Å². The fraction of sp³-hybridized carbons (Fsp3) is 0.429. The number of nitrogens with zero attached hydrogens (tertiary/aromatic N) is 3. The molecular weight excluding hydrogens is 238 g/mol. The highest BCUT2D eigenvalue weighted by Gasteiger charge is 2.04. The maximum Gasteiger partial charge on any atom is 0.191 e. The molecule has 0 amide bonds. The molecule has 0 radical (unpaired) electrons. The molecule has 0 aliphatic rings. The minimum Gasteiger partial charge on any atom is -0.309 e. The van der Waals surface area contributed by atoms with E-state index in [1.54, 1.807) is 11.8 Å². The van der Waals surface area contributed by atoms with Crippen LogP contribution in [0.5, 0.6) is 0 Å². The lowest BCUT2D eigenvalue weighted by atomic mass is 10.7. The van der Waals surface area contributed by atoms with Crippen molar-refractivity contribution in [1.82, 2.24) is 14.8 Å². The summed E-state index contributed by atoms with van der Waals surface area (Å²) in [7, 11) is 1.95. The Balaban J connectivity index is 2.63. The fourth-order valence-electron chi connectivity index (χ4n) is 0.656. The molecule has 1 aromatic heterocycles. The second kappa shape index (κ2) is 4.09. The Labute approximate surface area is 84.4 Å². The lowest BCUT2D eigenvalue weighted by Crippen LogP contribution is -1.93. The summed E-state index contributed by atoms with van der Waals surface area (Å²) in [5.41, 5.74) is 0. The molecule has 0 saturated carbocycles. The van der Waals surface area contributed by atoms with E-state index in [0.29, 0.717) is 0 Å². The van der Waals surface area contributed by atoms with E-state index in [-0.39, 0.29) is 0 Å². The fourth-order valence-corrected chi connectivity index (χ4v) is 1.71. The van der Waals surface area contributed by atoms with E-state index in [4.69, 9.17) is 0 Å². The van der Waals surface area contributed by atoms with Crippen LogP contribution in [0.4, 0.5) is 0 Å². The van der Waals surface area contributed by atoms with Crippen LogP contribution in [0, 0.1) is 6.92 Å². The number of halogens is 1. The molecule has 5 heteroatoms. The van der Waals surface area contributed by atoms with E-state index in [1.165, 1.54) is 0 Å². The number of aromatic nitrogens is 3. The van der Waals surface area contributed by atoms with Gasteiger partial charge < -0.3 is 4.57 Å². The van der Waals surface area contributed by atoms with Gasteiger partial charge in [-0.05, 0) is 11.4 Å². The van der Waals surface area contributed by atoms with Gasteiger partial charge in [-0.1, -0.05) is 34.3 Å². The van der Waals surface area contributed by atoms with Crippen LogP contribution in [-0.2, 0) is 7.05 Å². The maximum atomic E-state index is 4.00. The number of rotatable bonds is 3. The third-order valence-electron chi connectivity index (χ3n) is 1.41. The Morgan fingerprint density at radius 3 is 2.75 bits per heavy atom. The van der Waals surface area contributed by atoms with Crippen molar-refractivity contribution < 1.29 is 0 Å². The summed E-state index contributed by atoms with van der Waals surface area (Å²) in [6, 6.07) is 0. The van der Waals surface area contributed by atoms with E-state index in [9.17, 15) is 0 Å². The van der Waals surface area contributed by atoms with Crippen molar-refractivity contribution in [3.63, 3.8) is 0 Å². The van der Waals surface area contributed by atoms with Gasteiger partial charge in [0.25, 0.3) is 0 Å². The first kappa shape index (κ1) is 9.80. The van der Waals surface area contributed by atoms with Crippen LogP contribution in [0.1, 0.15) is 5.82 Å². The van der Waals surface area contributed by atoms with E-state index in [1.807, 2.05) is 18.5 Å². The third kappa shape index (κ3) is 2.35. The predicted octanol–water partition coefficient (Wildman–Crippen LogP) is 2.12. The average molecular weight is 248 g/mol. The average Bonchev–Trinajstić information content (AvgIpc) is 2.30. The minimum absolute atomic E-state index is 0.825. The zero-order chi connectivity index (χ0) is 9.14. The summed E-state index contributed by atoms with van der Waals surface area (Å²) in [6.07, 6.45) is 0. The zero-order valence-corrected chi connectivity index (χ0v) is 9.44. The molecule has 0 N–H and O–H groups in total. The maximum absolute atomic E-state index is 4.00. The first-order valence-corrected chi connectivity index (χ1v) is 5.21. The molecule has 1 rings (SSSR count). The molecule has 0 fully saturated rings. The summed E-state index contributed by atoms with van der Waals surface area (Å²) < 4.78 is 2.92. The molecular formula is C7H10BrN3S. The van der Waals surface area contributed by atoms with Gasteiger partial charge in [-0.2, -0.15) is 0 Å². The van der Waals surface area contributed by atoms with Gasteiger partial charge in [0.05, 0.1) is 0 Å². The molecule has 0 spiro atoms. The van der Waals surface area contributed by atoms with Crippen molar-refractivity contribution in [3.05, 3.63) is 16.9 Å². The standard InChI is InChI=1S/C7H10BrN3S/c1-5(8)4-12-7-10-9-6(2)11(7)3/h1,4H2,2-3H3. The van der Waals surface area contributed by atoms with E-state index >= 15 is 0 Å². The van der Waals surface area contributed by atoms with Crippen LogP contribution in [0.2, 0.25) is 0 Å². The number of thioether (sulfide) groups is 1. The third-order valence-corrected chi connectivity index (χ3v) is 3.17. The normalized spacial score (nSPS) is 10.2. The Bertz CT molecular complexity index is 295. The summed E-state index contributed by atoms with van der Waals surface area (Å²) in [5, 5.41) is 8.87. The number of hydrogen-bond donors (Lipinski definition) is 0. The SMILES string of the molecule is C=C(Br)CSc1nnc(C)n1C. The molecule has 1 aromatic rings. The van der Waals surface area contributed by atoms with Gasteiger partial charge in [0.1, 0.15) is 5.82 Å². The molecule has 1 heterocycles. The van der Waals surface area contributed by atoms with Crippen molar-refractivity contribution in [2.75, 3.05) is 5.75 Å².